The van der Waals surface area contributed by atoms with Crippen molar-refractivity contribution >= 4 is 11.9 Å². The maximum Gasteiger partial charge on any atom is 0.0625 e. The number of benzene rings is 1. The van der Waals surface area contributed by atoms with Gasteiger partial charge in [-0.25, -0.2) is 0 Å². The number of para-hydroxylation sites is 1. The number of aliphatic imine (C=N–C) groups is 1. The molecule has 1 rings (SSSR count). The number of hydrogen-bond donors (Lipinski definition) is 0. The van der Waals surface area contributed by atoms with E-state index >= 15 is 0 Å². The van der Waals surface area contributed by atoms with Crippen LogP contribution in [0.1, 0.15) is 33.6 Å². The van der Waals surface area contributed by atoms with E-state index in [1.165, 1.54) is 12.8 Å². The number of hydrogen-bond acceptors (Lipinski definition) is 1. The van der Waals surface area contributed by atoms with Gasteiger partial charge in [0.05, 0.1) is 5.69 Å². The average molecular weight is 203 g/mol. The van der Waals surface area contributed by atoms with E-state index in [4.69, 9.17) is 0 Å². The quantitative estimate of drug-likeness (QED) is 0.626. The van der Waals surface area contributed by atoms with Gasteiger partial charge < -0.3 is 0 Å². The summed E-state index contributed by atoms with van der Waals surface area (Å²) in [5.74, 6) is 1.28. The van der Waals surface area contributed by atoms with Gasteiger partial charge in [0.1, 0.15) is 0 Å². The highest BCUT2D eigenvalue weighted by Gasteiger charge is 2.08. The molecule has 0 aromatic heterocycles. The molecule has 0 aliphatic heterocycles. The Morgan fingerprint density at radius 1 is 1.20 bits per heavy atom. The van der Waals surface area contributed by atoms with Gasteiger partial charge in [-0.15, -0.1) is 0 Å². The van der Waals surface area contributed by atoms with Crippen molar-refractivity contribution < 1.29 is 0 Å². The van der Waals surface area contributed by atoms with Gasteiger partial charge in [0.15, 0.2) is 0 Å². The second-order valence-corrected chi connectivity index (χ2v) is 4.31. The van der Waals surface area contributed by atoms with Gasteiger partial charge in [0, 0.05) is 6.21 Å². The summed E-state index contributed by atoms with van der Waals surface area (Å²) in [5, 5.41) is 0. The summed E-state index contributed by atoms with van der Waals surface area (Å²) in [6.07, 6.45) is 4.57. The third-order valence-corrected chi connectivity index (χ3v) is 2.65. The minimum Gasteiger partial charge on any atom is -0.261 e. The molecule has 82 valence electrons. The number of nitrogens with zero attached hydrogens (tertiary/aromatic N) is 1. The summed E-state index contributed by atoms with van der Waals surface area (Å²) in [6, 6.07) is 10.2. The predicted molar refractivity (Wildman–Crippen MR) is 67.8 cm³/mol. The fourth-order valence-electron chi connectivity index (χ4n) is 1.61. The van der Waals surface area contributed by atoms with Crippen molar-refractivity contribution in [3.05, 3.63) is 30.3 Å². The fraction of sp³-hybridized carbons (Fsp3) is 0.500. The summed E-state index contributed by atoms with van der Waals surface area (Å²) in [5.41, 5.74) is 1.05. The van der Waals surface area contributed by atoms with E-state index < -0.39 is 0 Å². The second-order valence-electron chi connectivity index (χ2n) is 4.31. The van der Waals surface area contributed by atoms with Crippen molar-refractivity contribution in [2.24, 2.45) is 16.8 Å². The summed E-state index contributed by atoms with van der Waals surface area (Å²) in [6.45, 7) is 6.75. The third kappa shape index (κ3) is 4.28. The van der Waals surface area contributed by atoms with E-state index in [1.807, 2.05) is 30.3 Å². The van der Waals surface area contributed by atoms with E-state index in [0.29, 0.717) is 11.8 Å². The Morgan fingerprint density at radius 3 is 2.40 bits per heavy atom. The number of rotatable bonds is 5. The van der Waals surface area contributed by atoms with Gasteiger partial charge in [0.2, 0.25) is 0 Å². The van der Waals surface area contributed by atoms with Crippen molar-refractivity contribution in [2.45, 2.75) is 33.6 Å². The van der Waals surface area contributed by atoms with Crippen LogP contribution in [-0.4, -0.2) is 6.21 Å². The molecular weight excluding hydrogens is 182 g/mol. The van der Waals surface area contributed by atoms with Crippen LogP contribution in [0, 0.1) is 11.8 Å². The van der Waals surface area contributed by atoms with Crippen molar-refractivity contribution in [1.29, 1.82) is 0 Å². The summed E-state index contributed by atoms with van der Waals surface area (Å²) in [7, 11) is 0. The molecule has 0 N–H and O–H groups in total. The molecule has 1 aromatic rings. The maximum absolute atomic E-state index is 4.52. The minimum atomic E-state index is 0.607. The zero-order chi connectivity index (χ0) is 11.1. The zero-order valence-corrected chi connectivity index (χ0v) is 9.98. The van der Waals surface area contributed by atoms with Crippen LogP contribution >= 0.6 is 0 Å². The Kier molecular flexibility index (Phi) is 5.09. The van der Waals surface area contributed by atoms with Crippen LogP contribution in [0.3, 0.4) is 0 Å². The Balaban J connectivity index is 2.61. The van der Waals surface area contributed by atoms with Crippen molar-refractivity contribution in [2.75, 3.05) is 0 Å². The molecule has 0 bridgehead atoms. The highest BCUT2D eigenvalue weighted by molar-refractivity contribution is 5.65. The molecule has 1 atom stereocenters. The van der Waals surface area contributed by atoms with Crippen LogP contribution in [-0.2, 0) is 0 Å². The van der Waals surface area contributed by atoms with Crippen molar-refractivity contribution in [3.8, 4) is 0 Å². The van der Waals surface area contributed by atoms with Gasteiger partial charge in [0.25, 0.3) is 0 Å². The topological polar surface area (TPSA) is 12.4 Å². The molecule has 1 heteroatoms. The monoisotopic (exact) mass is 203 g/mol. The first kappa shape index (κ1) is 12.0. The van der Waals surface area contributed by atoms with E-state index in [1.54, 1.807) is 0 Å². The molecule has 1 unspecified atom stereocenters. The van der Waals surface area contributed by atoms with Crippen molar-refractivity contribution in [1.82, 2.24) is 0 Å². The fourth-order valence-corrected chi connectivity index (χ4v) is 1.61. The van der Waals surface area contributed by atoms with Crippen molar-refractivity contribution in [3.63, 3.8) is 0 Å². The SMILES string of the molecule is CCCC(C=Nc1ccccc1)C(C)C. The molecule has 0 saturated heterocycles. The van der Waals surface area contributed by atoms with Crippen LogP contribution in [0.2, 0.25) is 0 Å². The smallest absolute Gasteiger partial charge is 0.0625 e. The Labute approximate surface area is 93.2 Å². The first-order valence-electron chi connectivity index (χ1n) is 5.83. The lowest BCUT2D eigenvalue weighted by molar-refractivity contribution is 0.466. The third-order valence-electron chi connectivity index (χ3n) is 2.65. The summed E-state index contributed by atoms with van der Waals surface area (Å²) in [4.78, 5) is 4.52. The largest absolute Gasteiger partial charge is 0.261 e. The normalized spacial score (nSPS) is 13.6. The Bertz CT molecular complexity index is 287. The predicted octanol–water partition coefficient (Wildman–Crippen LogP) is 4.46. The lowest BCUT2D eigenvalue weighted by Gasteiger charge is -2.14. The average Bonchev–Trinajstić information content (AvgIpc) is 2.25. The van der Waals surface area contributed by atoms with Crippen LogP contribution in [0.5, 0.6) is 0 Å². The summed E-state index contributed by atoms with van der Waals surface area (Å²) < 4.78 is 0. The van der Waals surface area contributed by atoms with E-state index in [-0.39, 0.29) is 0 Å². The Hall–Kier alpha value is -1.11. The molecule has 0 spiro atoms. The molecule has 1 nitrogen and oxygen atoms in total. The summed E-state index contributed by atoms with van der Waals surface area (Å²) >= 11 is 0. The molecule has 0 radical (unpaired) electrons. The lowest BCUT2D eigenvalue weighted by Crippen LogP contribution is -2.09. The highest BCUT2D eigenvalue weighted by atomic mass is 14.7. The van der Waals surface area contributed by atoms with Crippen LogP contribution < -0.4 is 0 Å². The van der Waals surface area contributed by atoms with E-state index in [2.05, 4.69) is 32.0 Å². The van der Waals surface area contributed by atoms with E-state index in [0.717, 1.165) is 5.69 Å². The molecule has 0 saturated carbocycles. The van der Waals surface area contributed by atoms with Gasteiger partial charge in [-0.2, -0.15) is 0 Å². The van der Waals surface area contributed by atoms with Crippen LogP contribution in [0.25, 0.3) is 0 Å². The van der Waals surface area contributed by atoms with Gasteiger partial charge >= 0.3 is 0 Å². The highest BCUT2D eigenvalue weighted by Crippen LogP contribution is 2.17. The molecular formula is C14H21N. The second kappa shape index (κ2) is 6.39. The Morgan fingerprint density at radius 2 is 1.87 bits per heavy atom. The van der Waals surface area contributed by atoms with Crippen LogP contribution in [0.4, 0.5) is 5.69 Å². The minimum absolute atomic E-state index is 0.607. The standard InChI is InChI=1S/C14H21N/c1-4-8-13(12(2)3)11-15-14-9-6-5-7-10-14/h5-7,9-13H,4,8H2,1-3H3. The molecule has 0 aliphatic carbocycles. The maximum atomic E-state index is 4.52. The van der Waals surface area contributed by atoms with Crippen LogP contribution in [0.15, 0.2) is 35.3 Å². The molecule has 0 fully saturated rings. The van der Waals surface area contributed by atoms with Gasteiger partial charge in [-0.3, -0.25) is 4.99 Å². The molecule has 15 heavy (non-hydrogen) atoms. The molecule has 1 aromatic carbocycles. The van der Waals surface area contributed by atoms with Gasteiger partial charge in [-0.1, -0.05) is 45.4 Å². The molecule has 0 heterocycles. The van der Waals surface area contributed by atoms with E-state index in [9.17, 15) is 0 Å². The first-order valence-corrected chi connectivity index (χ1v) is 5.83. The zero-order valence-electron chi connectivity index (χ0n) is 9.98. The molecule has 0 amide bonds. The van der Waals surface area contributed by atoms with Gasteiger partial charge in [-0.05, 0) is 30.4 Å². The molecule has 0 aliphatic rings. The lowest BCUT2D eigenvalue weighted by atomic mass is 9.93. The first-order chi connectivity index (χ1) is 7.24.